The number of nitrogens with zero attached hydrogens (tertiary/aromatic N) is 5. The third-order valence-corrected chi connectivity index (χ3v) is 5.73. The molecular weight excluding hydrogens is 376 g/mol. The number of benzene rings is 1. The van der Waals surface area contributed by atoms with E-state index in [-0.39, 0.29) is 5.91 Å². The van der Waals surface area contributed by atoms with Crippen LogP contribution in [0, 0.1) is 0 Å². The van der Waals surface area contributed by atoms with Gasteiger partial charge in [-0.05, 0) is 42.3 Å². The summed E-state index contributed by atoms with van der Waals surface area (Å²) >= 11 is 0. The smallest absolute Gasteiger partial charge is 0.256 e. The third-order valence-electron chi connectivity index (χ3n) is 5.73. The first-order valence-electron chi connectivity index (χ1n) is 10.0. The van der Waals surface area contributed by atoms with Gasteiger partial charge in [0.2, 0.25) is 0 Å². The van der Waals surface area contributed by atoms with E-state index in [0.717, 1.165) is 47.4 Å². The molecule has 3 aromatic heterocycles. The average molecular weight is 400 g/mol. The fourth-order valence-electron chi connectivity index (χ4n) is 4.04. The number of aromatic nitrogens is 4. The van der Waals surface area contributed by atoms with Gasteiger partial charge in [0.25, 0.3) is 5.91 Å². The Kier molecular flexibility index (Phi) is 4.40. The van der Waals surface area contributed by atoms with E-state index in [1.165, 1.54) is 11.1 Å². The lowest BCUT2D eigenvalue weighted by Gasteiger charge is -2.25. The fraction of sp³-hybridized carbons (Fsp3) is 0.261. The Labute approximate surface area is 174 Å². The fourth-order valence-corrected chi connectivity index (χ4v) is 4.04. The highest BCUT2D eigenvalue weighted by atomic mass is 16.2. The molecule has 7 nitrogen and oxygen atoms in total. The summed E-state index contributed by atoms with van der Waals surface area (Å²) in [5.41, 5.74) is 7.26. The quantitative estimate of drug-likeness (QED) is 0.574. The molecule has 0 atom stereocenters. The lowest BCUT2D eigenvalue weighted by molar-refractivity contribution is 0.0827. The number of aromatic amines is 1. The molecule has 152 valence electrons. The standard InChI is InChI=1S/C23H24N6O/c1-27(2)23(30)19-11-26-29(14-19)21-12-25-22-20(21)9-17(10-24-22)16-5-4-15-6-7-28(3)13-18(15)8-16/h4-5,8-12,14H,6-7,13H2,1-3H3,(H,24,25). The zero-order valence-corrected chi connectivity index (χ0v) is 17.4. The van der Waals surface area contributed by atoms with E-state index in [9.17, 15) is 4.79 Å². The van der Waals surface area contributed by atoms with Gasteiger partial charge in [-0.25, -0.2) is 9.67 Å². The van der Waals surface area contributed by atoms with Crippen molar-refractivity contribution in [2.75, 3.05) is 27.7 Å². The molecule has 7 heteroatoms. The van der Waals surface area contributed by atoms with E-state index >= 15 is 0 Å². The van der Waals surface area contributed by atoms with Crippen molar-refractivity contribution in [2.24, 2.45) is 0 Å². The van der Waals surface area contributed by atoms with Crippen LogP contribution in [0.2, 0.25) is 0 Å². The van der Waals surface area contributed by atoms with Crippen LogP contribution in [0.1, 0.15) is 21.5 Å². The topological polar surface area (TPSA) is 70.1 Å². The summed E-state index contributed by atoms with van der Waals surface area (Å²) in [6, 6.07) is 8.84. The highest BCUT2D eigenvalue weighted by molar-refractivity contribution is 5.94. The number of carbonyl (C=O) groups is 1. The summed E-state index contributed by atoms with van der Waals surface area (Å²) in [4.78, 5) is 23.9. The molecular formula is C23H24N6O. The molecule has 1 aliphatic heterocycles. The molecule has 0 unspecified atom stereocenters. The van der Waals surface area contributed by atoms with Crippen molar-refractivity contribution in [2.45, 2.75) is 13.0 Å². The molecule has 5 rings (SSSR count). The highest BCUT2D eigenvalue weighted by Crippen LogP contribution is 2.29. The van der Waals surface area contributed by atoms with Gasteiger partial charge in [-0.15, -0.1) is 0 Å². The third kappa shape index (κ3) is 3.17. The van der Waals surface area contributed by atoms with Gasteiger partial charge in [-0.2, -0.15) is 5.10 Å². The number of nitrogens with one attached hydrogen (secondary N) is 1. The van der Waals surface area contributed by atoms with Crippen LogP contribution in [-0.2, 0) is 13.0 Å². The first-order chi connectivity index (χ1) is 14.5. The van der Waals surface area contributed by atoms with Gasteiger partial charge in [0.1, 0.15) is 5.65 Å². The number of carbonyl (C=O) groups excluding carboxylic acids is 1. The maximum absolute atomic E-state index is 12.2. The van der Waals surface area contributed by atoms with Crippen molar-refractivity contribution in [1.29, 1.82) is 0 Å². The van der Waals surface area contributed by atoms with Gasteiger partial charge >= 0.3 is 0 Å². The molecule has 4 heterocycles. The van der Waals surface area contributed by atoms with Crippen molar-refractivity contribution in [3.8, 4) is 16.8 Å². The summed E-state index contributed by atoms with van der Waals surface area (Å²) in [5, 5.41) is 5.36. The average Bonchev–Trinajstić information content (AvgIpc) is 3.39. The molecule has 0 saturated carbocycles. The Hall–Kier alpha value is -3.45. The van der Waals surface area contributed by atoms with Crippen LogP contribution in [0.15, 0.2) is 49.1 Å². The zero-order chi connectivity index (χ0) is 20.8. The molecule has 30 heavy (non-hydrogen) atoms. The van der Waals surface area contributed by atoms with E-state index in [0.29, 0.717) is 5.56 Å². The maximum Gasteiger partial charge on any atom is 0.256 e. The number of H-pyrrole nitrogens is 1. The Morgan fingerprint density at radius 1 is 1.13 bits per heavy atom. The molecule has 0 bridgehead atoms. The van der Waals surface area contributed by atoms with E-state index in [2.05, 4.69) is 51.3 Å². The van der Waals surface area contributed by atoms with E-state index in [4.69, 9.17) is 0 Å². The molecule has 1 N–H and O–H groups in total. The molecule has 1 aromatic carbocycles. The number of likely N-dealkylation sites (N-methyl/N-ethyl adjacent to an activating group) is 1. The Balaban J connectivity index is 1.54. The van der Waals surface area contributed by atoms with Crippen molar-refractivity contribution in [3.63, 3.8) is 0 Å². The van der Waals surface area contributed by atoms with Crippen LogP contribution in [0.5, 0.6) is 0 Å². The summed E-state index contributed by atoms with van der Waals surface area (Å²) in [6.45, 7) is 2.08. The minimum atomic E-state index is -0.0704. The monoisotopic (exact) mass is 400 g/mol. The number of hydrogen-bond donors (Lipinski definition) is 1. The van der Waals surface area contributed by atoms with E-state index in [1.807, 2.05) is 12.4 Å². The normalized spacial score (nSPS) is 14.1. The summed E-state index contributed by atoms with van der Waals surface area (Å²) in [7, 11) is 5.63. The van der Waals surface area contributed by atoms with Gasteiger partial charge in [-0.3, -0.25) is 4.79 Å². The summed E-state index contributed by atoms with van der Waals surface area (Å²) in [5.74, 6) is -0.0704. The first-order valence-corrected chi connectivity index (χ1v) is 10.0. The van der Waals surface area contributed by atoms with Crippen LogP contribution in [0.25, 0.3) is 27.8 Å². The minimum absolute atomic E-state index is 0.0704. The summed E-state index contributed by atoms with van der Waals surface area (Å²) < 4.78 is 1.73. The number of rotatable bonds is 3. The summed E-state index contributed by atoms with van der Waals surface area (Å²) in [6.07, 6.45) is 8.23. The van der Waals surface area contributed by atoms with Crippen LogP contribution >= 0.6 is 0 Å². The molecule has 4 aromatic rings. The largest absolute Gasteiger partial charge is 0.345 e. The Morgan fingerprint density at radius 2 is 2.00 bits per heavy atom. The van der Waals surface area contributed by atoms with Crippen LogP contribution in [0.3, 0.4) is 0 Å². The Morgan fingerprint density at radius 3 is 2.83 bits per heavy atom. The van der Waals surface area contributed by atoms with Crippen molar-refractivity contribution < 1.29 is 4.79 Å². The lowest BCUT2D eigenvalue weighted by Crippen LogP contribution is -2.26. The van der Waals surface area contributed by atoms with Crippen molar-refractivity contribution in [3.05, 3.63) is 65.7 Å². The molecule has 0 spiro atoms. The number of pyridine rings is 1. The molecule has 1 amide bonds. The van der Waals surface area contributed by atoms with Crippen molar-refractivity contribution in [1.82, 2.24) is 29.5 Å². The van der Waals surface area contributed by atoms with Crippen LogP contribution < -0.4 is 0 Å². The van der Waals surface area contributed by atoms with Gasteiger partial charge in [0.05, 0.1) is 17.4 Å². The predicted octanol–water partition coefficient (Wildman–Crippen LogP) is 3.11. The molecule has 0 aliphatic carbocycles. The Bertz CT molecular complexity index is 1250. The van der Waals surface area contributed by atoms with Crippen LogP contribution in [-0.4, -0.2) is 63.1 Å². The minimum Gasteiger partial charge on any atom is -0.345 e. The van der Waals surface area contributed by atoms with Gasteiger partial charge in [0, 0.05) is 56.7 Å². The number of amides is 1. The molecule has 0 radical (unpaired) electrons. The number of hydrogen-bond acceptors (Lipinski definition) is 4. The molecule has 0 saturated heterocycles. The molecule has 1 aliphatic rings. The van der Waals surface area contributed by atoms with E-state index < -0.39 is 0 Å². The highest BCUT2D eigenvalue weighted by Gasteiger charge is 2.16. The van der Waals surface area contributed by atoms with Crippen LogP contribution in [0.4, 0.5) is 0 Å². The van der Waals surface area contributed by atoms with Gasteiger partial charge in [0.15, 0.2) is 0 Å². The predicted molar refractivity (Wildman–Crippen MR) is 117 cm³/mol. The second kappa shape index (κ2) is 7.11. The zero-order valence-electron chi connectivity index (χ0n) is 17.4. The second-order valence-electron chi connectivity index (χ2n) is 8.14. The van der Waals surface area contributed by atoms with Gasteiger partial charge < -0.3 is 14.8 Å². The van der Waals surface area contributed by atoms with Gasteiger partial charge in [-0.1, -0.05) is 12.1 Å². The van der Waals surface area contributed by atoms with E-state index in [1.54, 1.807) is 36.1 Å². The SMILES string of the molecule is CN1CCc2ccc(-c3cnc4[nH]cc(-n5cc(C(=O)N(C)C)cn5)c4c3)cc2C1. The first kappa shape index (κ1) is 18.6. The number of fused-ring (bicyclic) bond motifs is 2. The lowest BCUT2D eigenvalue weighted by atomic mass is 9.95. The molecule has 0 fully saturated rings. The van der Waals surface area contributed by atoms with Crippen molar-refractivity contribution >= 4 is 16.9 Å². The maximum atomic E-state index is 12.2. The second-order valence-corrected chi connectivity index (χ2v) is 8.14.